The van der Waals surface area contributed by atoms with Crippen molar-refractivity contribution in [2.24, 2.45) is 0 Å². The van der Waals surface area contributed by atoms with E-state index in [1.165, 1.54) is 18.1 Å². The molecule has 0 aliphatic heterocycles. The molecule has 0 saturated heterocycles. The van der Waals surface area contributed by atoms with Crippen LogP contribution < -0.4 is 4.35 Å². The Bertz CT molecular complexity index is 181. The molecular weight excluding hydrogens is 195 g/mol. The Kier molecular flexibility index (Phi) is 4.38. The molecule has 1 atom stereocenters. The van der Waals surface area contributed by atoms with Crippen molar-refractivity contribution < 1.29 is 0 Å². The van der Waals surface area contributed by atoms with Gasteiger partial charge in [0.1, 0.15) is 0 Å². The maximum atomic E-state index is 2.26. The Morgan fingerprint density at radius 1 is 1.18 bits per heavy atom. The van der Waals surface area contributed by atoms with Gasteiger partial charge in [-0.1, -0.05) is 0 Å². The fourth-order valence-electron chi connectivity index (χ4n) is 0.966. The molecule has 1 heteroatoms. The first-order valence-corrected chi connectivity index (χ1v) is 6.75. The molecule has 0 fully saturated rings. The molecule has 0 N–H and O–H groups in total. The summed E-state index contributed by atoms with van der Waals surface area (Å²) in [7, 11) is 0. The molecule has 0 aliphatic carbocycles. The minimum absolute atomic E-state index is 0.194. The van der Waals surface area contributed by atoms with E-state index in [0.29, 0.717) is 0 Å². The summed E-state index contributed by atoms with van der Waals surface area (Å²) in [5.74, 6) is 0. The third-order valence-corrected chi connectivity index (χ3v) is 4.46. The first kappa shape index (κ1) is 8.87. The summed E-state index contributed by atoms with van der Waals surface area (Å²) in [6.07, 6.45) is 2.76. The summed E-state index contributed by atoms with van der Waals surface area (Å²) >= 11 is 0.194. The molecule has 0 heterocycles. The number of hydrogen-bond donors (Lipinski definition) is 0. The van der Waals surface area contributed by atoms with Crippen molar-refractivity contribution in [3.05, 3.63) is 30.3 Å². The van der Waals surface area contributed by atoms with Gasteiger partial charge in [-0.2, -0.15) is 0 Å². The van der Waals surface area contributed by atoms with Crippen molar-refractivity contribution in [1.82, 2.24) is 0 Å². The molecule has 0 saturated carbocycles. The third-order valence-electron chi connectivity index (χ3n) is 1.63. The summed E-state index contributed by atoms with van der Waals surface area (Å²) in [6, 6.07) is 10.9. The number of benzene rings is 1. The van der Waals surface area contributed by atoms with Gasteiger partial charge in [0.15, 0.2) is 0 Å². The van der Waals surface area contributed by atoms with Crippen molar-refractivity contribution >= 4 is 20.1 Å². The van der Waals surface area contributed by atoms with Crippen LogP contribution in [-0.2, 0) is 0 Å². The zero-order valence-corrected chi connectivity index (χ0v) is 9.11. The van der Waals surface area contributed by atoms with E-state index >= 15 is 0 Å². The van der Waals surface area contributed by atoms with Crippen LogP contribution in [0.25, 0.3) is 0 Å². The van der Waals surface area contributed by atoms with Crippen LogP contribution in [0.15, 0.2) is 30.3 Å². The van der Waals surface area contributed by atoms with E-state index in [4.69, 9.17) is 0 Å². The molecular formula is C10H15As. The van der Waals surface area contributed by atoms with Crippen LogP contribution in [0.4, 0.5) is 0 Å². The zero-order valence-electron chi connectivity index (χ0n) is 7.01. The van der Waals surface area contributed by atoms with E-state index < -0.39 is 0 Å². The molecule has 11 heavy (non-hydrogen) atoms. The normalized spacial score (nSPS) is 11.0. The first-order valence-electron chi connectivity index (χ1n) is 4.22. The topological polar surface area (TPSA) is 0 Å². The summed E-state index contributed by atoms with van der Waals surface area (Å²) in [6.45, 7) is 2.26. The summed E-state index contributed by atoms with van der Waals surface area (Å²) in [4.78, 5) is 0. The predicted molar refractivity (Wildman–Crippen MR) is 52.9 cm³/mol. The zero-order chi connectivity index (χ0) is 7.94. The molecule has 0 aliphatic rings. The molecule has 1 unspecified atom stereocenters. The SMILES string of the molecule is CCCC[AsH]c1ccccc1. The first-order chi connectivity index (χ1) is 5.43. The van der Waals surface area contributed by atoms with Gasteiger partial charge in [0, 0.05) is 0 Å². The van der Waals surface area contributed by atoms with Gasteiger partial charge in [0.2, 0.25) is 0 Å². The van der Waals surface area contributed by atoms with Gasteiger partial charge in [-0.15, -0.1) is 0 Å². The van der Waals surface area contributed by atoms with Crippen LogP contribution in [0, 0.1) is 0 Å². The van der Waals surface area contributed by atoms with Crippen molar-refractivity contribution in [3.8, 4) is 0 Å². The molecule has 1 aromatic carbocycles. The minimum atomic E-state index is 0.194. The predicted octanol–water partition coefficient (Wildman–Crippen LogP) is 1.97. The standard InChI is InChI=1S/C10H15As/c1-2-3-9-11-10-7-5-4-6-8-10/h4-8,11H,2-3,9H2,1H3. The Morgan fingerprint density at radius 3 is 2.55 bits per heavy atom. The summed E-state index contributed by atoms with van der Waals surface area (Å²) < 4.78 is 1.60. The molecule has 0 aromatic heterocycles. The third kappa shape index (κ3) is 3.62. The Labute approximate surface area is 75.7 Å². The summed E-state index contributed by atoms with van der Waals surface area (Å²) in [5.41, 5.74) is 0. The molecule has 60 valence electrons. The Balaban J connectivity index is 2.28. The van der Waals surface area contributed by atoms with Gasteiger partial charge in [-0.3, -0.25) is 0 Å². The molecule has 0 radical (unpaired) electrons. The molecule has 0 amide bonds. The van der Waals surface area contributed by atoms with Gasteiger partial charge < -0.3 is 0 Å². The second-order valence-corrected chi connectivity index (χ2v) is 5.65. The quantitative estimate of drug-likeness (QED) is 0.526. The van der Waals surface area contributed by atoms with Gasteiger partial charge in [-0.05, 0) is 0 Å². The van der Waals surface area contributed by atoms with Gasteiger partial charge >= 0.3 is 75.4 Å². The molecule has 0 bridgehead atoms. The van der Waals surface area contributed by atoms with E-state index in [2.05, 4.69) is 37.3 Å². The Hall–Kier alpha value is -0.222. The van der Waals surface area contributed by atoms with E-state index in [1.54, 1.807) is 4.35 Å². The van der Waals surface area contributed by atoms with Crippen LogP contribution in [0.1, 0.15) is 19.8 Å². The molecule has 1 aromatic rings. The van der Waals surface area contributed by atoms with Crippen LogP contribution >= 0.6 is 0 Å². The van der Waals surface area contributed by atoms with E-state index in [1.807, 2.05) is 0 Å². The van der Waals surface area contributed by atoms with Crippen molar-refractivity contribution in [1.29, 1.82) is 0 Å². The fourth-order valence-corrected chi connectivity index (χ4v) is 3.58. The summed E-state index contributed by atoms with van der Waals surface area (Å²) in [5, 5.41) is 1.46. The van der Waals surface area contributed by atoms with Crippen molar-refractivity contribution in [2.75, 3.05) is 0 Å². The number of hydrogen-bond acceptors (Lipinski definition) is 0. The molecule has 1 rings (SSSR count). The van der Waals surface area contributed by atoms with E-state index in [0.717, 1.165) is 0 Å². The van der Waals surface area contributed by atoms with E-state index in [-0.39, 0.29) is 15.8 Å². The molecule has 0 nitrogen and oxygen atoms in total. The second-order valence-electron chi connectivity index (χ2n) is 2.65. The van der Waals surface area contributed by atoms with Crippen molar-refractivity contribution in [3.63, 3.8) is 0 Å². The van der Waals surface area contributed by atoms with Crippen LogP contribution in [0.2, 0.25) is 5.21 Å². The average molecular weight is 210 g/mol. The average Bonchev–Trinajstić information content (AvgIpc) is 2.07. The monoisotopic (exact) mass is 210 g/mol. The van der Waals surface area contributed by atoms with Crippen LogP contribution in [-0.4, -0.2) is 15.8 Å². The van der Waals surface area contributed by atoms with Crippen molar-refractivity contribution in [2.45, 2.75) is 25.0 Å². The Morgan fingerprint density at radius 2 is 1.91 bits per heavy atom. The number of rotatable bonds is 4. The molecule has 0 spiro atoms. The fraction of sp³-hybridized carbons (Fsp3) is 0.400. The maximum absolute atomic E-state index is 2.26. The second kappa shape index (κ2) is 5.43. The van der Waals surface area contributed by atoms with Gasteiger partial charge in [0.05, 0.1) is 0 Å². The van der Waals surface area contributed by atoms with Gasteiger partial charge in [-0.25, -0.2) is 0 Å². The van der Waals surface area contributed by atoms with Crippen LogP contribution in [0.5, 0.6) is 0 Å². The van der Waals surface area contributed by atoms with Crippen LogP contribution in [0.3, 0.4) is 0 Å². The number of unbranched alkanes of at least 4 members (excludes halogenated alkanes) is 1. The van der Waals surface area contributed by atoms with E-state index in [9.17, 15) is 0 Å². The van der Waals surface area contributed by atoms with Gasteiger partial charge in [0.25, 0.3) is 0 Å².